The Balaban J connectivity index is 3.03. The summed E-state index contributed by atoms with van der Waals surface area (Å²) in [5.41, 5.74) is 0. The lowest BCUT2D eigenvalue weighted by atomic mass is 10.9. The first-order valence-electron chi connectivity index (χ1n) is 1.72. The number of hydrogen-bond acceptors (Lipinski definition) is 3. The van der Waals surface area contributed by atoms with Gasteiger partial charge in [0.2, 0.25) is 5.28 Å². The first-order valence-corrected chi connectivity index (χ1v) is 2.48. The van der Waals surface area contributed by atoms with Crippen molar-refractivity contribution in [1.29, 1.82) is 0 Å². The highest BCUT2D eigenvalue weighted by Gasteiger charge is 1.89. The molecular weight excluding hydrogens is 149 g/mol. The number of rotatable bonds is 0. The third-order valence-corrected chi connectivity index (χ3v) is 0.781. The summed E-state index contributed by atoms with van der Waals surface area (Å²) in [6.07, 6.45) is 2.31. The molecule has 8 heavy (non-hydrogen) atoms. The van der Waals surface area contributed by atoms with Crippen molar-refractivity contribution in [2.75, 3.05) is 0 Å². The average molecular weight is 149 g/mol. The first-order chi connectivity index (χ1) is 3.79. The molecule has 1 radical (unpaired) electrons. The van der Waals surface area contributed by atoms with Crippen molar-refractivity contribution in [1.82, 2.24) is 15.2 Å². The molecule has 0 aliphatic heterocycles. The van der Waals surface area contributed by atoms with Crippen LogP contribution in [-0.4, -0.2) is 15.2 Å². The Morgan fingerprint density at radius 2 is 2.00 bits per heavy atom. The molecule has 1 rings (SSSR count). The van der Waals surface area contributed by atoms with Gasteiger partial charge in [0.15, 0.2) is 5.15 Å². The van der Waals surface area contributed by atoms with Gasteiger partial charge in [-0.15, -0.1) is 10.2 Å². The van der Waals surface area contributed by atoms with Crippen molar-refractivity contribution in [3.63, 3.8) is 0 Å². The van der Waals surface area contributed by atoms with E-state index in [1.807, 2.05) is 0 Å². The van der Waals surface area contributed by atoms with Gasteiger partial charge in [-0.1, -0.05) is 11.6 Å². The van der Waals surface area contributed by atoms with Crippen LogP contribution < -0.4 is 0 Å². The van der Waals surface area contributed by atoms with Crippen LogP contribution in [0.4, 0.5) is 0 Å². The summed E-state index contributed by atoms with van der Waals surface area (Å²) in [5, 5.41) is 6.83. The zero-order valence-electron chi connectivity index (χ0n) is 3.60. The Morgan fingerprint density at radius 1 is 1.25 bits per heavy atom. The molecule has 0 saturated heterocycles. The lowest BCUT2D eigenvalue weighted by Crippen LogP contribution is -1.84. The highest BCUT2D eigenvalue weighted by Crippen LogP contribution is 1.99. The molecule has 5 heteroatoms. The number of nitrogens with zero attached hydrogens (tertiary/aromatic N) is 3. The molecule has 0 N–H and O–H groups in total. The van der Waals surface area contributed by atoms with E-state index in [0.717, 1.165) is 0 Å². The molecule has 1 heterocycles. The third-order valence-electron chi connectivity index (χ3n) is 0.461. The van der Waals surface area contributed by atoms with Crippen LogP contribution in [0.3, 0.4) is 0 Å². The summed E-state index contributed by atoms with van der Waals surface area (Å²) in [4.78, 5) is 3.41. The highest BCUT2D eigenvalue weighted by molar-refractivity contribution is 6.30. The summed E-state index contributed by atoms with van der Waals surface area (Å²) in [7, 11) is 0. The van der Waals surface area contributed by atoms with E-state index in [1.54, 1.807) is 0 Å². The lowest BCUT2D eigenvalue weighted by Gasteiger charge is -1.82. The fourth-order valence-electron chi connectivity index (χ4n) is 0.222. The molecule has 0 saturated carbocycles. The first kappa shape index (κ1) is 5.72. The van der Waals surface area contributed by atoms with Crippen LogP contribution in [0, 0.1) is 6.20 Å². The van der Waals surface area contributed by atoms with Crippen molar-refractivity contribution < 1.29 is 0 Å². The minimum absolute atomic E-state index is 0.0504. The summed E-state index contributed by atoms with van der Waals surface area (Å²) in [6.45, 7) is 0. The predicted octanol–water partition coefficient (Wildman–Crippen LogP) is 0.979. The smallest absolute Gasteiger partial charge is 0.211 e. The van der Waals surface area contributed by atoms with E-state index in [-0.39, 0.29) is 10.4 Å². The van der Waals surface area contributed by atoms with Crippen molar-refractivity contribution in [2.45, 2.75) is 0 Å². The van der Waals surface area contributed by atoms with E-state index in [2.05, 4.69) is 21.4 Å². The largest absolute Gasteiger partial charge is 0.243 e. The van der Waals surface area contributed by atoms with Gasteiger partial charge in [0, 0.05) is 0 Å². The van der Waals surface area contributed by atoms with Gasteiger partial charge >= 0.3 is 0 Å². The minimum Gasteiger partial charge on any atom is -0.211 e. The van der Waals surface area contributed by atoms with Crippen molar-refractivity contribution in [3.05, 3.63) is 16.6 Å². The monoisotopic (exact) mass is 148 g/mol. The molecule has 1 aromatic rings. The Bertz CT molecular complexity index is 151. The average Bonchev–Trinajstić information content (AvgIpc) is 1.77. The second kappa shape index (κ2) is 2.24. The highest BCUT2D eigenvalue weighted by atomic mass is 35.5. The maximum absolute atomic E-state index is 5.26. The van der Waals surface area contributed by atoms with E-state index in [9.17, 15) is 0 Å². The fraction of sp³-hybridized carbons (Fsp3) is 0. The number of halogens is 2. The molecule has 0 aromatic carbocycles. The van der Waals surface area contributed by atoms with E-state index in [0.29, 0.717) is 0 Å². The van der Waals surface area contributed by atoms with E-state index in [4.69, 9.17) is 23.2 Å². The normalized spacial score (nSPS) is 9.25. The zero-order chi connectivity index (χ0) is 5.98. The van der Waals surface area contributed by atoms with E-state index >= 15 is 0 Å². The molecule has 0 aliphatic rings. The summed E-state index contributed by atoms with van der Waals surface area (Å²) in [6, 6.07) is 0. The van der Waals surface area contributed by atoms with Gasteiger partial charge in [0.25, 0.3) is 0 Å². The second-order valence-electron chi connectivity index (χ2n) is 0.983. The third kappa shape index (κ3) is 1.28. The molecule has 0 bridgehead atoms. The molecule has 0 spiro atoms. The van der Waals surface area contributed by atoms with Crippen LogP contribution in [0.15, 0.2) is 0 Å². The quantitative estimate of drug-likeness (QED) is 0.551. The molecule has 0 amide bonds. The minimum atomic E-state index is 0.0504. The van der Waals surface area contributed by atoms with Gasteiger partial charge in [0.1, 0.15) is 6.20 Å². The van der Waals surface area contributed by atoms with Crippen LogP contribution >= 0.6 is 23.2 Å². The maximum Gasteiger partial charge on any atom is 0.243 e. The lowest BCUT2D eigenvalue weighted by molar-refractivity contribution is 0.965. The Kier molecular flexibility index (Phi) is 1.60. The molecule has 0 aliphatic carbocycles. The Hall–Kier alpha value is -0.410. The van der Waals surface area contributed by atoms with Crippen molar-refractivity contribution in [2.24, 2.45) is 0 Å². The van der Waals surface area contributed by atoms with Gasteiger partial charge in [0.05, 0.1) is 0 Å². The Morgan fingerprint density at radius 3 is 2.38 bits per heavy atom. The molecule has 3 nitrogen and oxygen atoms in total. The van der Waals surface area contributed by atoms with Crippen LogP contribution in [-0.2, 0) is 0 Å². The Labute approximate surface area is 55.7 Å². The van der Waals surface area contributed by atoms with Gasteiger partial charge in [-0.3, -0.25) is 0 Å². The van der Waals surface area contributed by atoms with Crippen LogP contribution in [0.1, 0.15) is 0 Å². The molecule has 41 valence electrons. The molecule has 0 unspecified atom stereocenters. The van der Waals surface area contributed by atoms with E-state index < -0.39 is 0 Å². The topological polar surface area (TPSA) is 38.7 Å². The summed E-state index contributed by atoms with van der Waals surface area (Å²) < 4.78 is 0. The van der Waals surface area contributed by atoms with Crippen LogP contribution in [0.25, 0.3) is 0 Å². The predicted molar refractivity (Wildman–Crippen MR) is 28.7 cm³/mol. The van der Waals surface area contributed by atoms with Crippen LogP contribution in [0.2, 0.25) is 10.4 Å². The molecular formula is C3Cl2N3. The summed E-state index contributed by atoms with van der Waals surface area (Å²) >= 11 is 10.5. The summed E-state index contributed by atoms with van der Waals surface area (Å²) in [5.74, 6) is 0. The molecule has 1 aromatic heterocycles. The van der Waals surface area contributed by atoms with Gasteiger partial charge < -0.3 is 0 Å². The zero-order valence-corrected chi connectivity index (χ0v) is 5.11. The number of aromatic nitrogens is 3. The fourth-order valence-corrected chi connectivity index (χ4v) is 0.382. The SMILES string of the molecule is Clc1[c]nc(Cl)nn1. The van der Waals surface area contributed by atoms with Crippen molar-refractivity contribution >= 4 is 23.2 Å². The van der Waals surface area contributed by atoms with E-state index in [1.165, 1.54) is 0 Å². The number of hydrogen-bond donors (Lipinski definition) is 0. The van der Waals surface area contributed by atoms with Crippen molar-refractivity contribution in [3.8, 4) is 0 Å². The van der Waals surface area contributed by atoms with Gasteiger partial charge in [-0.2, -0.15) is 0 Å². The molecule has 0 fully saturated rings. The standard InChI is InChI=1S/C3Cl2N3/c4-2-1-6-3(5)8-7-2. The van der Waals surface area contributed by atoms with Crippen LogP contribution in [0.5, 0.6) is 0 Å². The maximum atomic E-state index is 5.26. The van der Waals surface area contributed by atoms with Gasteiger partial charge in [-0.05, 0) is 11.6 Å². The molecule has 0 atom stereocenters. The second-order valence-corrected chi connectivity index (χ2v) is 1.68. The van der Waals surface area contributed by atoms with Gasteiger partial charge in [-0.25, -0.2) is 4.98 Å².